The number of hydrogen-bond acceptors (Lipinski definition) is 6. The third-order valence-electron chi connectivity index (χ3n) is 3.36. The molecule has 0 N–H and O–H groups in total. The zero-order chi connectivity index (χ0) is 17.1. The second-order valence-corrected chi connectivity index (χ2v) is 6.32. The molecule has 128 valence electrons. The first-order valence-corrected chi connectivity index (χ1v) is 8.30. The molecule has 0 saturated carbocycles. The summed E-state index contributed by atoms with van der Waals surface area (Å²) in [6.07, 6.45) is 2.43. The molecule has 22 heavy (non-hydrogen) atoms. The number of ether oxygens (including phenoxy) is 2. The maximum absolute atomic E-state index is 12.0. The molecule has 0 aromatic heterocycles. The molecule has 1 aliphatic heterocycles. The SMILES string of the molecule is CC(=O)SCC(C)C(=O)N1CCCC1C=O.COC(C)OC. The maximum atomic E-state index is 12.0. The van der Waals surface area contributed by atoms with E-state index in [-0.39, 0.29) is 29.3 Å². The predicted molar refractivity (Wildman–Crippen MR) is 86.6 cm³/mol. The molecule has 7 heteroatoms. The van der Waals surface area contributed by atoms with Crippen molar-refractivity contribution < 1.29 is 23.9 Å². The van der Waals surface area contributed by atoms with Crippen LogP contribution >= 0.6 is 11.8 Å². The first kappa shape index (κ1) is 21.1. The molecule has 1 saturated heterocycles. The quantitative estimate of drug-likeness (QED) is 0.544. The first-order chi connectivity index (χ1) is 10.4. The molecule has 1 amide bonds. The van der Waals surface area contributed by atoms with E-state index in [2.05, 4.69) is 9.47 Å². The van der Waals surface area contributed by atoms with Gasteiger partial charge in [0, 0.05) is 39.4 Å². The Kier molecular flexibility index (Phi) is 11.1. The van der Waals surface area contributed by atoms with Gasteiger partial charge in [-0.15, -0.1) is 0 Å². The van der Waals surface area contributed by atoms with Gasteiger partial charge in [0.15, 0.2) is 11.4 Å². The van der Waals surface area contributed by atoms with Crippen molar-refractivity contribution >= 4 is 29.1 Å². The second-order valence-electron chi connectivity index (χ2n) is 5.12. The van der Waals surface area contributed by atoms with E-state index in [1.807, 2.05) is 6.92 Å². The smallest absolute Gasteiger partial charge is 0.226 e. The van der Waals surface area contributed by atoms with E-state index < -0.39 is 0 Å². The Bertz CT molecular complexity index is 360. The number of methoxy groups -OCH3 is 2. The van der Waals surface area contributed by atoms with E-state index in [4.69, 9.17) is 0 Å². The average molecular weight is 333 g/mol. The Hall–Kier alpha value is -0.920. The van der Waals surface area contributed by atoms with Gasteiger partial charge in [-0.25, -0.2) is 0 Å². The number of carbonyl (C=O) groups excluding carboxylic acids is 3. The van der Waals surface area contributed by atoms with Gasteiger partial charge in [-0.1, -0.05) is 18.7 Å². The fourth-order valence-corrected chi connectivity index (χ4v) is 2.53. The van der Waals surface area contributed by atoms with Crippen molar-refractivity contribution in [3.63, 3.8) is 0 Å². The lowest BCUT2D eigenvalue weighted by Gasteiger charge is -2.23. The van der Waals surface area contributed by atoms with Crippen LogP contribution in [0.5, 0.6) is 0 Å². The molecule has 6 nitrogen and oxygen atoms in total. The molecule has 0 spiro atoms. The van der Waals surface area contributed by atoms with E-state index in [9.17, 15) is 14.4 Å². The number of hydrogen-bond donors (Lipinski definition) is 0. The van der Waals surface area contributed by atoms with Crippen LogP contribution in [0.25, 0.3) is 0 Å². The highest BCUT2D eigenvalue weighted by Crippen LogP contribution is 2.20. The van der Waals surface area contributed by atoms with Crippen LogP contribution in [0.1, 0.15) is 33.6 Å². The molecular weight excluding hydrogens is 306 g/mol. The van der Waals surface area contributed by atoms with E-state index >= 15 is 0 Å². The van der Waals surface area contributed by atoms with E-state index in [0.717, 1.165) is 30.9 Å². The van der Waals surface area contributed by atoms with Crippen molar-refractivity contribution in [3.05, 3.63) is 0 Å². The highest BCUT2D eigenvalue weighted by atomic mass is 32.2. The molecule has 0 aromatic carbocycles. The molecule has 0 aromatic rings. The Morgan fingerprint density at radius 1 is 1.32 bits per heavy atom. The molecular formula is C15H27NO5S. The van der Waals surface area contributed by atoms with Crippen molar-refractivity contribution in [2.24, 2.45) is 5.92 Å². The molecule has 0 bridgehead atoms. The summed E-state index contributed by atoms with van der Waals surface area (Å²) in [6, 6.07) is -0.253. The van der Waals surface area contributed by atoms with E-state index in [1.54, 1.807) is 26.0 Å². The van der Waals surface area contributed by atoms with Gasteiger partial charge in [-0.2, -0.15) is 0 Å². The van der Waals surface area contributed by atoms with Gasteiger partial charge in [-0.3, -0.25) is 9.59 Å². The van der Waals surface area contributed by atoms with Crippen LogP contribution in [0, 0.1) is 5.92 Å². The van der Waals surface area contributed by atoms with Gasteiger partial charge >= 0.3 is 0 Å². The summed E-state index contributed by atoms with van der Waals surface area (Å²) >= 11 is 1.16. The monoisotopic (exact) mass is 333 g/mol. The molecule has 1 fully saturated rings. The number of amides is 1. The number of likely N-dealkylation sites (tertiary alicyclic amines) is 1. The van der Waals surface area contributed by atoms with Crippen molar-refractivity contribution in [3.8, 4) is 0 Å². The minimum absolute atomic E-state index is 0.0108. The Balaban J connectivity index is 0.000000626. The number of carbonyl (C=O) groups is 3. The largest absolute Gasteiger partial charge is 0.356 e. The highest BCUT2D eigenvalue weighted by molar-refractivity contribution is 8.13. The standard InChI is InChI=1S/C11H17NO3S.C4H10O2/c1-8(7-16-9(2)14)11(15)12-5-3-4-10(12)6-13;1-4(5-2)6-3/h6,8,10H,3-5,7H2,1-2H3;4H,1-3H3. The minimum atomic E-state index is -0.253. The number of nitrogens with zero attached hydrogens (tertiary/aromatic N) is 1. The molecule has 0 radical (unpaired) electrons. The van der Waals surface area contributed by atoms with Gasteiger partial charge in [0.25, 0.3) is 0 Å². The molecule has 1 rings (SSSR count). The van der Waals surface area contributed by atoms with Crippen LogP contribution in [0.3, 0.4) is 0 Å². The topological polar surface area (TPSA) is 72.9 Å². The number of thioether (sulfide) groups is 1. The second kappa shape index (κ2) is 11.6. The van der Waals surface area contributed by atoms with Crippen LogP contribution in [-0.4, -0.2) is 61.1 Å². The highest BCUT2D eigenvalue weighted by Gasteiger charge is 2.30. The summed E-state index contributed by atoms with van der Waals surface area (Å²) in [6.45, 7) is 5.79. The summed E-state index contributed by atoms with van der Waals surface area (Å²) in [5, 5.41) is 0.0213. The van der Waals surface area contributed by atoms with Crippen LogP contribution in [0.2, 0.25) is 0 Å². The minimum Gasteiger partial charge on any atom is -0.356 e. The first-order valence-electron chi connectivity index (χ1n) is 7.32. The van der Waals surface area contributed by atoms with Crippen molar-refractivity contribution in [2.75, 3.05) is 26.5 Å². The lowest BCUT2D eigenvalue weighted by molar-refractivity contribution is -0.137. The maximum Gasteiger partial charge on any atom is 0.226 e. The number of aldehydes is 1. The summed E-state index contributed by atoms with van der Waals surface area (Å²) in [5.41, 5.74) is 0. The Morgan fingerprint density at radius 2 is 1.91 bits per heavy atom. The van der Waals surface area contributed by atoms with Gasteiger partial charge in [0.2, 0.25) is 5.91 Å². The summed E-state index contributed by atoms with van der Waals surface area (Å²) < 4.78 is 9.35. The van der Waals surface area contributed by atoms with Crippen molar-refractivity contribution in [2.45, 2.75) is 45.9 Å². The van der Waals surface area contributed by atoms with Gasteiger partial charge < -0.3 is 19.2 Å². The van der Waals surface area contributed by atoms with Crippen LogP contribution in [0.15, 0.2) is 0 Å². The summed E-state index contributed by atoms with van der Waals surface area (Å²) in [7, 11) is 3.21. The zero-order valence-electron chi connectivity index (χ0n) is 14.0. The van der Waals surface area contributed by atoms with Gasteiger partial charge in [-0.05, 0) is 19.8 Å². The predicted octanol–water partition coefficient (Wildman–Crippen LogP) is 1.72. The van der Waals surface area contributed by atoms with Crippen molar-refractivity contribution in [1.29, 1.82) is 0 Å². The molecule has 0 aliphatic carbocycles. The molecule has 2 unspecified atom stereocenters. The van der Waals surface area contributed by atoms with Crippen molar-refractivity contribution in [1.82, 2.24) is 4.90 Å². The van der Waals surface area contributed by atoms with Gasteiger partial charge in [0.05, 0.1) is 6.04 Å². The third kappa shape index (κ3) is 7.91. The number of rotatable bonds is 6. The van der Waals surface area contributed by atoms with Crippen LogP contribution < -0.4 is 0 Å². The van der Waals surface area contributed by atoms with Crippen LogP contribution in [-0.2, 0) is 23.9 Å². The fourth-order valence-electron chi connectivity index (χ4n) is 1.90. The van der Waals surface area contributed by atoms with Crippen LogP contribution in [0.4, 0.5) is 0 Å². The van der Waals surface area contributed by atoms with Gasteiger partial charge in [0.1, 0.15) is 6.29 Å². The summed E-state index contributed by atoms with van der Waals surface area (Å²) in [4.78, 5) is 35.2. The molecule has 1 aliphatic rings. The average Bonchev–Trinajstić information content (AvgIpc) is 2.99. The lowest BCUT2D eigenvalue weighted by Crippen LogP contribution is -2.40. The Labute approximate surface area is 136 Å². The summed E-state index contributed by atoms with van der Waals surface area (Å²) in [5.74, 6) is 0.286. The fraction of sp³-hybridized carbons (Fsp3) is 0.800. The van der Waals surface area contributed by atoms with E-state index in [1.165, 1.54) is 6.92 Å². The zero-order valence-corrected chi connectivity index (χ0v) is 14.9. The molecule has 2 atom stereocenters. The normalized spacial score (nSPS) is 18.6. The lowest BCUT2D eigenvalue weighted by atomic mass is 10.1. The third-order valence-corrected chi connectivity index (χ3v) is 4.43. The van der Waals surface area contributed by atoms with E-state index in [0.29, 0.717) is 12.3 Å². The Morgan fingerprint density at radius 3 is 2.32 bits per heavy atom. The molecule has 1 heterocycles.